The van der Waals surface area contributed by atoms with Gasteiger partial charge < -0.3 is 14.1 Å². The number of nitrogens with zero attached hydrogens (tertiary/aromatic N) is 3. The van der Waals surface area contributed by atoms with Crippen molar-refractivity contribution in [2.45, 2.75) is 46.1 Å². The Kier molecular flexibility index (Phi) is 4.96. The molecule has 0 aromatic carbocycles. The maximum Gasteiger partial charge on any atom is 0.195 e. The van der Waals surface area contributed by atoms with Crippen LogP contribution in [0.15, 0.2) is 16.5 Å². The first-order valence-electron chi connectivity index (χ1n) is 8.34. The highest BCUT2D eigenvalue weighted by Gasteiger charge is 2.17. The topological polar surface area (TPSA) is 51.4 Å². The number of aryl methyl sites for hydroxylation is 4. The van der Waals surface area contributed by atoms with Crippen molar-refractivity contribution in [3.63, 3.8) is 0 Å². The summed E-state index contributed by atoms with van der Waals surface area (Å²) in [6, 6.07) is 4.09. The van der Waals surface area contributed by atoms with Gasteiger partial charge in [-0.1, -0.05) is 6.92 Å². The molecule has 1 radical (unpaired) electrons. The lowest BCUT2D eigenvalue weighted by Crippen LogP contribution is -2.41. The van der Waals surface area contributed by atoms with Crippen molar-refractivity contribution in [2.75, 3.05) is 24.6 Å². The summed E-state index contributed by atoms with van der Waals surface area (Å²) in [5, 5.41) is 0. The van der Waals surface area contributed by atoms with E-state index < -0.39 is 0 Å². The number of anilines is 1. The second-order valence-electron chi connectivity index (χ2n) is 6.04. The molecule has 1 aliphatic rings. The summed E-state index contributed by atoms with van der Waals surface area (Å²) in [6.45, 7) is 8.79. The molecule has 0 N–H and O–H groups in total. The number of oxazole rings is 1. The summed E-state index contributed by atoms with van der Waals surface area (Å²) in [7, 11) is 0. The van der Waals surface area contributed by atoms with E-state index in [2.05, 4.69) is 41.0 Å². The van der Waals surface area contributed by atoms with Gasteiger partial charge in [0.05, 0.1) is 24.6 Å². The summed E-state index contributed by atoms with van der Waals surface area (Å²) in [5.74, 6) is 1.78. The van der Waals surface area contributed by atoms with Gasteiger partial charge in [-0.05, 0) is 32.4 Å². The van der Waals surface area contributed by atoms with Crippen LogP contribution in [0.5, 0.6) is 0 Å². The van der Waals surface area contributed by atoms with Crippen molar-refractivity contribution in [3.05, 3.63) is 41.4 Å². The molecule has 0 spiro atoms. The van der Waals surface area contributed by atoms with Crippen LogP contribution >= 0.6 is 0 Å². The van der Waals surface area contributed by atoms with Crippen molar-refractivity contribution >= 4 is 5.69 Å². The van der Waals surface area contributed by atoms with Crippen LogP contribution in [0.4, 0.5) is 5.69 Å². The molecule has 3 rings (SSSR count). The molecule has 5 heteroatoms. The molecule has 1 fully saturated rings. The van der Waals surface area contributed by atoms with E-state index in [-0.39, 0.29) is 6.10 Å². The Hall–Kier alpha value is -1.88. The smallest absolute Gasteiger partial charge is 0.195 e. The molecule has 0 saturated carbocycles. The van der Waals surface area contributed by atoms with Crippen LogP contribution in [0.2, 0.25) is 0 Å². The van der Waals surface area contributed by atoms with Crippen LogP contribution in [0, 0.1) is 13.1 Å². The van der Waals surface area contributed by atoms with Crippen LogP contribution in [0.1, 0.15) is 36.9 Å². The van der Waals surface area contributed by atoms with Crippen LogP contribution in [0.3, 0.4) is 0 Å². The lowest BCUT2D eigenvalue weighted by atomic mass is 10.2. The van der Waals surface area contributed by atoms with E-state index >= 15 is 0 Å². The van der Waals surface area contributed by atoms with Gasteiger partial charge in [-0.25, -0.2) is 4.98 Å². The number of ether oxygens (including phenoxy) is 1. The number of hydrogen-bond acceptors (Lipinski definition) is 5. The molecule has 0 bridgehead atoms. The zero-order valence-corrected chi connectivity index (χ0v) is 14.1. The molecular formula is C18H24N3O2. The second-order valence-corrected chi connectivity index (χ2v) is 6.04. The average molecular weight is 314 g/mol. The highest BCUT2D eigenvalue weighted by atomic mass is 16.5. The third kappa shape index (κ3) is 3.91. The third-order valence-corrected chi connectivity index (χ3v) is 4.19. The normalized spacial score (nSPS) is 18.4. The molecule has 23 heavy (non-hydrogen) atoms. The highest BCUT2D eigenvalue weighted by molar-refractivity contribution is 5.46. The Bertz CT molecular complexity index is 653. The van der Waals surface area contributed by atoms with Gasteiger partial charge in [-0.2, -0.15) is 0 Å². The number of hydrogen-bond donors (Lipinski definition) is 0. The molecule has 123 valence electrons. The fourth-order valence-electron chi connectivity index (χ4n) is 2.95. The number of rotatable bonds is 5. The molecule has 2 aromatic rings. The van der Waals surface area contributed by atoms with E-state index in [0.717, 1.165) is 62.0 Å². The summed E-state index contributed by atoms with van der Waals surface area (Å²) in [4.78, 5) is 11.2. The van der Waals surface area contributed by atoms with Gasteiger partial charge in [-0.15, -0.1) is 0 Å². The van der Waals surface area contributed by atoms with Gasteiger partial charge in [0.1, 0.15) is 5.76 Å². The van der Waals surface area contributed by atoms with Crippen LogP contribution < -0.4 is 4.90 Å². The Morgan fingerprint density at radius 3 is 3.00 bits per heavy atom. The fraction of sp³-hybridized carbons (Fsp3) is 0.556. The van der Waals surface area contributed by atoms with Crippen molar-refractivity contribution in [1.29, 1.82) is 0 Å². The number of morpholine rings is 1. The van der Waals surface area contributed by atoms with Gasteiger partial charge in [0.15, 0.2) is 5.89 Å². The minimum absolute atomic E-state index is 0.267. The van der Waals surface area contributed by atoms with Crippen molar-refractivity contribution < 1.29 is 9.15 Å². The molecular weight excluding hydrogens is 290 g/mol. The predicted molar refractivity (Wildman–Crippen MR) is 88.7 cm³/mol. The summed E-state index contributed by atoms with van der Waals surface area (Å²) in [5.41, 5.74) is 3.19. The first kappa shape index (κ1) is 16.0. The van der Waals surface area contributed by atoms with E-state index in [1.807, 2.05) is 13.0 Å². The molecule has 0 aliphatic carbocycles. The average Bonchev–Trinajstić information content (AvgIpc) is 2.93. The summed E-state index contributed by atoms with van der Waals surface area (Å²) in [6.07, 6.45) is 5.75. The quantitative estimate of drug-likeness (QED) is 0.849. The van der Waals surface area contributed by atoms with Gasteiger partial charge in [-0.3, -0.25) is 4.98 Å². The molecule has 0 amide bonds. The summed E-state index contributed by atoms with van der Waals surface area (Å²) >= 11 is 0. The van der Waals surface area contributed by atoms with E-state index in [1.165, 1.54) is 5.69 Å². The van der Waals surface area contributed by atoms with E-state index in [1.54, 1.807) is 0 Å². The lowest BCUT2D eigenvalue weighted by molar-refractivity contribution is 0.0532. The standard InChI is InChI=1S/C18H24N3O2/c1-4-17-14(3)20-18(23-17)6-5-15-11-16(7-8-19-15)21-9-10-22-13(2)12-21/h7,11,13H,4-6,9-10,12H2,1-3H3. The summed E-state index contributed by atoms with van der Waals surface area (Å²) < 4.78 is 11.4. The first-order valence-corrected chi connectivity index (χ1v) is 8.34. The molecule has 1 saturated heterocycles. The zero-order chi connectivity index (χ0) is 16.2. The Labute approximate surface area is 137 Å². The van der Waals surface area contributed by atoms with E-state index in [9.17, 15) is 0 Å². The van der Waals surface area contributed by atoms with Crippen LogP contribution in [-0.4, -0.2) is 35.8 Å². The second kappa shape index (κ2) is 7.13. The van der Waals surface area contributed by atoms with E-state index in [4.69, 9.17) is 9.15 Å². The molecule has 1 atom stereocenters. The Morgan fingerprint density at radius 2 is 2.26 bits per heavy atom. The minimum Gasteiger partial charge on any atom is -0.445 e. The fourth-order valence-corrected chi connectivity index (χ4v) is 2.95. The molecule has 3 heterocycles. The first-order chi connectivity index (χ1) is 11.2. The lowest BCUT2D eigenvalue weighted by Gasteiger charge is -2.32. The van der Waals surface area contributed by atoms with Gasteiger partial charge in [0.25, 0.3) is 0 Å². The van der Waals surface area contributed by atoms with Crippen LogP contribution in [0.25, 0.3) is 0 Å². The Morgan fingerprint density at radius 1 is 1.39 bits per heavy atom. The van der Waals surface area contributed by atoms with Crippen molar-refractivity contribution in [2.24, 2.45) is 0 Å². The van der Waals surface area contributed by atoms with Gasteiger partial charge in [0.2, 0.25) is 0 Å². The molecule has 1 aliphatic heterocycles. The molecule has 2 aromatic heterocycles. The highest BCUT2D eigenvalue weighted by Crippen LogP contribution is 2.19. The van der Waals surface area contributed by atoms with Gasteiger partial charge >= 0.3 is 0 Å². The molecule has 1 unspecified atom stereocenters. The number of aromatic nitrogens is 2. The van der Waals surface area contributed by atoms with Crippen molar-refractivity contribution in [3.8, 4) is 0 Å². The van der Waals surface area contributed by atoms with E-state index in [0.29, 0.717) is 0 Å². The van der Waals surface area contributed by atoms with Gasteiger partial charge in [0, 0.05) is 37.3 Å². The zero-order valence-electron chi connectivity index (χ0n) is 14.1. The SMILES string of the molecule is CCc1oc(CCc2cc(N3CCOC(C)C3)c[c]n2)nc1C. The third-order valence-electron chi connectivity index (χ3n) is 4.19. The minimum atomic E-state index is 0.267. The predicted octanol–water partition coefficient (Wildman–Crippen LogP) is 2.75. The maximum absolute atomic E-state index is 5.77. The monoisotopic (exact) mass is 314 g/mol. The number of pyridine rings is 1. The largest absolute Gasteiger partial charge is 0.445 e. The Balaban J connectivity index is 1.65. The van der Waals surface area contributed by atoms with Crippen LogP contribution in [-0.2, 0) is 24.0 Å². The molecule has 5 nitrogen and oxygen atoms in total. The van der Waals surface area contributed by atoms with Crippen molar-refractivity contribution in [1.82, 2.24) is 9.97 Å². The maximum atomic E-state index is 5.77.